The number of nitrogens with zero attached hydrogens (tertiary/aromatic N) is 2. The average Bonchev–Trinajstić information content (AvgIpc) is 3.79. The maximum Gasteiger partial charge on any atom is 0.342 e. The molecule has 2 aromatic carbocycles. The monoisotopic (exact) mass is 610 g/mol. The van der Waals surface area contributed by atoms with Crippen molar-refractivity contribution in [1.29, 1.82) is 0 Å². The second-order valence-corrected chi connectivity index (χ2v) is 14.5. The summed E-state index contributed by atoms with van der Waals surface area (Å²) in [7, 11) is 0. The van der Waals surface area contributed by atoms with Crippen molar-refractivity contribution in [2.75, 3.05) is 6.61 Å². The van der Waals surface area contributed by atoms with Crippen LogP contribution in [0.4, 0.5) is 0 Å². The molecule has 1 saturated heterocycles. The van der Waals surface area contributed by atoms with Crippen molar-refractivity contribution < 1.29 is 29.3 Å². The van der Waals surface area contributed by atoms with Gasteiger partial charge in [0.25, 0.3) is 0 Å². The highest BCUT2D eigenvalue weighted by Crippen LogP contribution is 2.63. The molecule has 2 saturated carbocycles. The number of hydrogen-bond acceptors (Lipinski definition) is 7. The second kappa shape index (κ2) is 10.5. The first-order valence-electron chi connectivity index (χ1n) is 16.1. The molecule has 0 amide bonds. The molecule has 1 aromatic heterocycles. The molecule has 1 aliphatic heterocycles. The van der Waals surface area contributed by atoms with Crippen molar-refractivity contribution in [2.24, 2.45) is 29.1 Å². The van der Waals surface area contributed by atoms with E-state index in [0.717, 1.165) is 23.2 Å². The SMILES string of the molecule is C/C1=C\[C@@H]2[C@H](CC[C@]3(CO3)[C@H](OC(=O)c3cn(-c4ccccc4)nc3-c3ccc(C)cc3)[C@H]3[C@@H](O)[C@@H](C)C[C@]3(O)C1=O)C2(C)C. The predicted octanol–water partition coefficient (Wildman–Crippen LogP) is 5.47. The van der Waals surface area contributed by atoms with Gasteiger partial charge >= 0.3 is 5.97 Å². The first-order chi connectivity index (χ1) is 21.4. The molecule has 8 atom stereocenters. The number of hydrogen-bond donors (Lipinski definition) is 2. The molecule has 0 unspecified atom stereocenters. The fraction of sp³-hybridized carbons (Fsp3) is 0.486. The minimum Gasteiger partial charge on any atom is -0.455 e. The molecule has 2 N–H and O–H groups in total. The topological polar surface area (TPSA) is 114 Å². The van der Waals surface area contributed by atoms with E-state index < -0.39 is 41.1 Å². The van der Waals surface area contributed by atoms with E-state index in [-0.39, 0.29) is 29.2 Å². The van der Waals surface area contributed by atoms with Gasteiger partial charge in [0, 0.05) is 11.8 Å². The fourth-order valence-electron chi connectivity index (χ4n) is 8.20. The Hall–Kier alpha value is -3.59. The third kappa shape index (κ3) is 4.89. The lowest BCUT2D eigenvalue weighted by atomic mass is 9.74. The van der Waals surface area contributed by atoms with Crippen molar-refractivity contribution in [2.45, 2.75) is 77.3 Å². The van der Waals surface area contributed by atoms with Gasteiger partial charge in [-0.1, -0.05) is 74.9 Å². The number of ketones is 1. The Morgan fingerprint density at radius 2 is 1.78 bits per heavy atom. The van der Waals surface area contributed by atoms with E-state index in [1.54, 1.807) is 17.8 Å². The van der Waals surface area contributed by atoms with Crippen LogP contribution in [0.5, 0.6) is 0 Å². The minimum absolute atomic E-state index is 0.0163. The first-order valence-corrected chi connectivity index (χ1v) is 16.1. The molecule has 0 bridgehead atoms. The fourth-order valence-corrected chi connectivity index (χ4v) is 8.20. The third-order valence-electron chi connectivity index (χ3n) is 11.2. The second-order valence-electron chi connectivity index (χ2n) is 14.5. The van der Waals surface area contributed by atoms with E-state index in [4.69, 9.17) is 14.6 Å². The summed E-state index contributed by atoms with van der Waals surface area (Å²) < 4.78 is 14.2. The lowest BCUT2D eigenvalue weighted by Crippen LogP contribution is -2.56. The summed E-state index contributed by atoms with van der Waals surface area (Å²) in [6.07, 6.45) is 3.05. The van der Waals surface area contributed by atoms with Crippen molar-refractivity contribution >= 4 is 11.8 Å². The number of allylic oxidation sites excluding steroid dienone is 1. The number of epoxide rings is 1. The van der Waals surface area contributed by atoms with Crippen molar-refractivity contribution in [3.05, 3.63) is 83.6 Å². The van der Waals surface area contributed by atoms with Crippen LogP contribution in [0, 0.1) is 36.0 Å². The highest BCUT2D eigenvalue weighted by molar-refractivity contribution is 6.02. The van der Waals surface area contributed by atoms with E-state index in [1.807, 2.05) is 74.5 Å². The summed E-state index contributed by atoms with van der Waals surface area (Å²) >= 11 is 0. The van der Waals surface area contributed by atoms with Crippen LogP contribution in [0.2, 0.25) is 0 Å². The Morgan fingerprint density at radius 3 is 2.44 bits per heavy atom. The van der Waals surface area contributed by atoms with Gasteiger partial charge in [0.15, 0.2) is 5.78 Å². The zero-order valence-electron chi connectivity index (χ0n) is 26.6. The number of esters is 1. The number of Topliss-reactive ketones (excluding diaryl/α,β-unsaturated/α-hetero) is 1. The number of fused-ring (bicyclic) bond motifs is 2. The minimum atomic E-state index is -1.91. The standard InChI is InChI=1S/C37H42N2O6/c1-21-11-13-24(14-12-21)30-26(19-39(38-30)25-9-7-6-8-10-25)34(42)45-33-29-31(40)23(3)18-37(29,43)32(41)22(2)17-28-27(35(28,4)5)15-16-36(33)20-44-36/h6-14,17,19,23,27-29,31,33,40,43H,15-16,18,20H2,1-5H3/b22-17+/t23-,27-,28+,29+,31-,33+,36-,37+/m0/s1. The zero-order valence-corrected chi connectivity index (χ0v) is 26.6. The number of aliphatic hydroxyl groups is 2. The average molecular weight is 611 g/mol. The van der Waals surface area contributed by atoms with E-state index in [0.29, 0.717) is 30.2 Å². The summed E-state index contributed by atoms with van der Waals surface area (Å²) in [6.45, 7) is 10.3. The quantitative estimate of drug-likeness (QED) is 0.297. The number of carbonyl (C=O) groups excluding carboxylic acids is 2. The van der Waals surface area contributed by atoms with Gasteiger partial charge in [0.1, 0.15) is 28.6 Å². The van der Waals surface area contributed by atoms with Crippen LogP contribution in [0.25, 0.3) is 16.9 Å². The molecular formula is C37H42N2O6. The summed E-state index contributed by atoms with van der Waals surface area (Å²) in [5.41, 5.74) is 1.03. The molecular weight excluding hydrogens is 568 g/mol. The Bertz CT molecular complexity index is 1670. The van der Waals surface area contributed by atoms with Gasteiger partial charge in [0.05, 0.1) is 24.3 Å². The number of benzene rings is 2. The largest absolute Gasteiger partial charge is 0.455 e. The first kappa shape index (κ1) is 30.1. The van der Waals surface area contributed by atoms with Crippen molar-refractivity contribution in [1.82, 2.24) is 9.78 Å². The molecule has 1 spiro atoms. The summed E-state index contributed by atoms with van der Waals surface area (Å²) in [5, 5.41) is 28.6. The predicted molar refractivity (Wildman–Crippen MR) is 169 cm³/mol. The van der Waals surface area contributed by atoms with Crippen LogP contribution < -0.4 is 0 Å². The van der Waals surface area contributed by atoms with Gasteiger partial charge in [-0.05, 0) is 74.0 Å². The maximum atomic E-state index is 14.4. The van der Waals surface area contributed by atoms with E-state index in [9.17, 15) is 19.8 Å². The van der Waals surface area contributed by atoms with Crippen LogP contribution in [0.1, 0.15) is 62.9 Å². The van der Waals surface area contributed by atoms with Gasteiger partial charge in [0.2, 0.25) is 0 Å². The van der Waals surface area contributed by atoms with E-state index in [2.05, 4.69) is 13.8 Å². The van der Waals surface area contributed by atoms with Gasteiger partial charge < -0.3 is 19.7 Å². The number of para-hydroxylation sites is 1. The lowest BCUT2D eigenvalue weighted by molar-refractivity contribution is -0.151. The number of rotatable bonds is 4. The molecule has 236 valence electrons. The molecule has 7 rings (SSSR count). The number of carbonyl (C=O) groups is 2. The summed E-state index contributed by atoms with van der Waals surface area (Å²) in [5.74, 6) is -1.93. The van der Waals surface area contributed by atoms with E-state index in [1.165, 1.54) is 0 Å². The highest BCUT2D eigenvalue weighted by Gasteiger charge is 2.68. The van der Waals surface area contributed by atoms with Gasteiger partial charge in [-0.15, -0.1) is 0 Å². The summed E-state index contributed by atoms with van der Waals surface area (Å²) in [4.78, 5) is 28.4. The van der Waals surface area contributed by atoms with Crippen LogP contribution in [-0.2, 0) is 14.3 Å². The Kier molecular flexibility index (Phi) is 7.00. The Balaban J connectivity index is 1.31. The van der Waals surface area contributed by atoms with Crippen LogP contribution in [0.15, 0.2) is 72.4 Å². The third-order valence-corrected chi connectivity index (χ3v) is 11.2. The van der Waals surface area contributed by atoms with Gasteiger partial charge in [-0.3, -0.25) is 4.79 Å². The Labute approximate surface area is 264 Å². The molecule has 3 aliphatic carbocycles. The van der Waals surface area contributed by atoms with Crippen molar-refractivity contribution in [3.8, 4) is 16.9 Å². The zero-order chi connectivity index (χ0) is 31.9. The number of aliphatic hydroxyl groups excluding tert-OH is 1. The van der Waals surface area contributed by atoms with Crippen LogP contribution in [0.3, 0.4) is 0 Å². The van der Waals surface area contributed by atoms with Gasteiger partial charge in [-0.25, -0.2) is 9.48 Å². The molecule has 4 aliphatic rings. The molecule has 3 aromatic rings. The maximum absolute atomic E-state index is 14.4. The van der Waals surface area contributed by atoms with E-state index >= 15 is 0 Å². The number of aryl methyl sites for hydroxylation is 1. The highest BCUT2D eigenvalue weighted by atomic mass is 16.6. The Morgan fingerprint density at radius 1 is 1.09 bits per heavy atom. The molecule has 45 heavy (non-hydrogen) atoms. The smallest absolute Gasteiger partial charge is 0.342 e. The normalized spacial score (nSPS) is 36.3. The van der Waals surface area contributed by atoms with Crippen LogP contribution in [-0.4, -0.2) is 61.8 Å². The number of ether oxygens (including phenoxy) is 2. The van der Waals surface area contributed by atoms with Gasteiger partial charge in [-0.2, -0.15) is 5.10 Å². The molecule has 8 nitrogen and oxygen atoms in total. The molecule has 8 heteroatoms. The molecule has 3 fully saturated rings. The molecule has 2 heterocycles. The van der Waals surface area contributed by atoms with Crippen molar-refractivity contribution in [3.63, 3.8) is 0 Å². The number of aromatic nitrogens is 2. The summed E-state index contributed by atoms with van der Waals surface area (Å²) in [6, 6.07) is 17.3. The van der Waals surface area contributed by atoms with Crippen LogP contribution >= 0.6 is 0 Å². The molecule has 0 radical (unpaired) electrons. The lowest BCUT2D eigenvalue weighted by Gasteiger charge is -2.38.